The van der Waals surface area contributed by atoms with Crippen LogP contribution in [0.2, 0.25) is 0 Å². The van der Waals surface area contributed by atoms with Crippen LogP contribution in [-0.4, -0.2) is 26.0 Å². The molecule has 1 N–H and O–H groups in total. The molecule has 0 aliphatic heterocycles. The molecule has 3 aromatic rings. The van der Waals surface area contributed by atoms with E-state index in [-0.39, 0.29) is 5.56 Å². The number of hydrogen-bond donors (Lipinski definition) is 1. The van der Waals surface area contributed by atoms with Gasteiger partial charge >= 0.3 is 5.97 Å². The highest BCUT2D eigenvalue weighted by molar-refractivity contribution is 5.96. The van der Waals surface area contributed by atoms with Crippen molar-refractivity contribution in [2.75, 3.05) is 0 Å². The zero-order chi connectivity index (χ0) is 14.7. The molecule has 5 nitrogen and oxygen atoms in total. The minimum Gasteiger partial charge on any atom is -0.478 e. The molecule has 0 bridgehead atoms. The highest BCUT2D eigenvalue weighted by Gasteiger charge is 2.17. The second-order valence-electron chi connectivity index (χ2n) is 4.32. The zero-order valence-corrected chi connectivity index (χ0v) is 11.0. The molecule has 0 saturated heterocycles. The highest BCUT2D eigenvalue weighted by atomic mass is 16.4. The number of hydrogen-bond acceptors (Lipinski definition) is 4. The van der Waals surface area contributed by atoms with Crippen molar-refractivity contribution in [3.8, 4) is 22.6 Å². The van der Waals surface area contributed by atoms with E-state index in [0.717, 1.165) is 11.3 Å². The van der Waals surface area contributed by atoms with Crippen molar-refractivity contribution in [3.05, 3.63) is 66.6 Å². The van der Waals surface area contributed by atoms with E-state index in [1.807, 2.05) is 24.3 Å². The summed E-state index contributed by atoms with van der Waals surface area (Å²) >= 11 is 0. The van der Waals surface area contributed by atoms with Gasteiger partial charge < -0.3 is 5.11 Å². The molecular weight excluding hydrogens is 266 g/mol. The first-order chi connectivity index (χ1) is 10.3. The Balaban J connectivity index is 2.24. The van der Waals surface area contributed by atoms with Gasteiger partial charge in [-0.25, -0.2) is 4.79 Å². The fraction of sp³-hybridized carbons (Fsp3) is 0. The van der Waals surface area contributed by atoms with Crippen LogP contribution in [0.1, 0.15) is 10.4 Å². The fourth-order valence-corrected chi connectivity index (χ4v) is 2.09. The minimum absolute atomic E-state index is 0.119. The molecule has 21 heavy (non-hydrogen) atoms. The number of carbonyl (C=O) groups is 1. The number of aromatic nitrogens is 3. The smallest absolute Gasteiger partial charge is 0.337 e. The fourth-order valence-electron chi connectivity index (χ4n) is 2.09. The molecule has 0 fully saturated rings. The van der Waals surface area contributed by atoms with E-state index in [1.54, 1.807) is 30.7 Å². The molecule has 0 saturated carbocycles. The van der Waals surface area contributed by atoms with Crippen LogP contribution >= 0.6 is 0 Å². The molecule has 102 valence electrons. The van der Waals surface area contributed by atoms with Gasteiger partial charge in [0.15, 0.2) is 0 Å². The Morgan fingerprint density at radius 3 is 2.24 bits per heavy atom. The number of rotatable bonds is 3. The Morgan fingerprint density at radius 2 is 1.52 bits per heavy atom. The SMILES string of the molecule is O=C(O)c1cccnc1-c1ncccc1-c1ccccn1. The van der Waals surface area contributed by atoms with Crippen molar-refractivity contribution in [1.82, 2.24) is 15.0 Å². The van der Waals surface area contributed by atoms with Crippen LogP contribution in [-0.2, 0) is 0 Å². The zero-order valence-electron chi connectivity index (χ0n) is 11.0. The van der Waals surface area contributed by atoms with Crippen molar-refractivity contribution in [2.45, 2.75) is 0 Å². The third-order valence-electron chi connectivity index (χ3n) is 3.01. The van der Waals surface area contributed by atoms with Gasteiger partial charge in [-0.1, -0.05) is 6.07 Å². The van der Waals surface area contributed by atoms with Gasteiger partial charge in [0.05, 0.1) is 17.0 Å². The lowest BCUT2D eigenvalue weighted by atomic mass is 10.0. The van der Waals surface area contributed by atoms with Gasteiger partial charge in [0, 0.05) is 24.2 Å². The van der Waals surface area contributed by atoms with Gasteiger partial charge in [-0.2, -0.15) is 0 Å². The van der Waals surface area contributed by atoms with Gasteiger partial charge in [0.2, 0.25) is 0 Å². The van der Waals surface area contributed by atoms with Crippen molar-refractivity contribution in [3.63, 3.8) is 0 Å². The van der Waals surface area contributed by atoms with Crippen LogP contribution in [0.15, 0.2) is 61.1 Å². The Morgan fingerprint density at radius 1 is 0.810 bits per heavy atom. The average Bonchev–Trinajstić information content (AvgIpc) is 2.55. The summed E-state index contributed by atoms with van der Waals surface area (Å²) in [5.74, 6) is -1.03. The predicted molar refractivity (Wildman–Crippen MR) is 77.7 cm³/mol. The maximum absolute atomic E-state index is 11.4. The summed E-state index contributed by atoms with van der Waals surface area (Å²) in [6, 6.07) is 12.3. The van der Waals surface area contributed by atoms with E-state index in [1.165, 1.54) is 6.07 Å². The van der Waals surface area contributed by atoms with Crippen LogP contribution in [0.3, 0.4) is 0 Å². The van der Waals surface area contributed by atoms with Crippen LogP contribution in [0.4, 0.5) is 0 Å². The molecule has 0 radical (unpaired) electrons. The lowest BCUT2D eigenvalue weighted by Crippen LogP contribution is -2.03. The number of nitrogens with zero attached hydrogens (tertiary/aromatic N) is 3. The van der Waals surface area contributed by atoms with E-state index < -0.39 is 5.97 Å². The first kappa shape index (κ1) is 12.9. The molecule has 3 heterocycles. The monoisotopic (exact) mass is 277 g/mol. The molecule has 3 aromatic heterocycles. The standard InChI is InChI=1S/C16H11N3O2/c20-16(21)12-6-4-10-19-15(12)14-11(5-3-9-18-14)13-7-1-2-8-17-13/h1-10H,(H,20,21). The normalized spacial score (nSPS) is 10.3. The lowest BCUT2D eigenvalue weighted by Gasteiger charge is -2.09. The number of pyridine rings is 3. The summed E-state index contributed by atoms with van der Waals surface area (Å²) in [5.41, 5.74) is 2.44. The molecule has 0 aliphatic rings. The molecule has 3 rings (SSSR count). The maximum atomic E-state index is 11.4. The maximum Gasteiger partial charge on any atom is 0.337 e. The van der Waals surface area contributed by atoms with Crippen molar-refractivity contribution in [1.29, 1.82) is 0 Å². The van der Waals surface area contributed by atoms with E-state index in [9.17, 15) is 9.90 Å². The third kappa shape index (κ3) is 2.49. The van der Waals surface area contributed by atoms with Crippen LogP contribution in [0.25, 0.3) is 22.6 Å². The molecule has 0 atom stereocenters. The van der Waals surface area contributed by atoms with Gasteiger partial charge in [-0.05, 0) is 36.4 Å². The highest BCUT2D eigenvalue weighted by Crippen LogP contribution is 2.29. The second kappa shape index (κ2) is 5.50. The number of aromatic carboxylic acids is 1. The largest absolute Gasteiger partial charge is 0.478 e. The molecule has 0 aliphatic carbocycles. The average molecular weight is 277 g/mol. The summed E-state index contributed by atoms with van der Waals surface area (Å²) in [6.07, 6.45) is 4.85. The molecule has 0 aromatic carbocycles. The van der Waals surface area contributed by atoms with E-state index in [2.05, 4.69) is 15.0 Å². The Bertz CT molecular complexity index is 788. The van der Waals surface area contributed by atoms with Crippen molar-refractivity contribution in [2.24, 2.45) is 0 Å². The summed E-state index contributed by atoms with van der Waals surface area (Å²) in [4.78, 5) is 24.1. The summed E-state index contributed by atoms with van der Waals surface area (Å²) < 4.78 is 0. The first-order valence-electron chi connectivity index (χ1n) is 6.32. The number of carboxylic acids is 1. The topological polar surface area (TPSA) is 76.0 Å². The third-order valence-corrected chi connectivity index (χ3v) is 3.01. The van der Waals surface area contributed by atoms with Crippen LogP contribution in [0, 0.1) is 0 Å². The second-order valence-corrected chi connectivity index (χ2v) is 4.32. The Kier molecular flexibility index (Phi) is 3.39. The number of carboxylic acid groups (broad SMARTS) is 1. The van der Waals surface area contributed by atoms with Gasteiger partial charge in [-0.15, -0.1) is 0 Å². The van der Waals surface area contributed by atoms with Crippen LogP contribution in [0.5, 0.6) is 0 Å². The predicted octanol–water partition coefficient (Wildman–Crippen LogP) is 2.90. The molecule has 5 heteroatoms. The summed E-state index contributed by atoms with van der Waals surface area (Å²) in [7, 11) is 0. The summed E-state index contributed by atoms with van der Waals surface area (Å²) in [6.45, 7) is 0. The molecule has 0 unspecified atom stereocenters. The van der Waals surface area contributed by atoms with Crippen LogP contribution < -0.4 is 0 Å². The van der Waals surface area contributed by atoms with Gasteiger partial charge in [0.1, 0.15) is 5.69 Å². The lowest BCUT2D eigenvalue weighted by molar-refractivity contribution is 0.0697. The van der Waals surface area contributed by atoms with E-state index in [4.69, 9.17) is 0 Å². The van der Waals surface area contributed by atoms with Crippen molar-refractivity contribution < 1.29 is 9.90 Å². The Hall–Kier alpha value is -3.08. The minimum atomic E-state index is -1.03. The van der Waals surface area contributed by atoms with E-state index in [0.29, 0.717) is 11.4 Å². The van der Waals surface area contributed by atoms with E-state index >= 15 is 0 Å². The first-order valence-corrected chi connectivity index (χ1v) is 6.32. The van der Waals surface area contributed by atoms with Crippen molar-refractivity contribution >= 4 is 5.97 Å². The quantitative estimate of drug-likeness (QED) is 0.796. The Labute approximate surface area is 121 Å². The summed E-state index contributed by atoms with van der Waals surface area (Å²) in [5, 5.41) is 9.31. The van der Waals surface area contributed by atoms with Gasteiger partial charge in [-0.3, -0.25) is 15.0 Å². The molecule has 0 amide bonds. The molecular formula is C16H11N3O2. The van der Waals surface area contributed by atoms with Gasteiger partial charge in [0.25, 0.3) is 0 Å². The molecule has 0 spiro atoms.